The Morgan fingerprint density at radius 2 is 1.94 bits per heavy atom. The molecule has 2 amide bonds. The molecular formula is C23H31N5O3. The molecule has 0 bridgehead atoms. The van der Waals surface area contributed by atoms with Crippen molar-refractivity contribution < 1.29 is 9.59 Å². The molecule has 3 fully saturated rings. The van der Waals surface area contributed by atoms with Crippen LogP contribution in [-0.2, 0) is 16.0 Å². The van der Waals surface area contributed by atoms with Gasteiger partial charge < -0.3 is 10.2 Å². The summed E-state index contributed by atoms with van der Waals surface area (Å²) in [5, 5.41) is 6.29. The maximum Gasteiger partial charge on any atom is 0.276 e. The van der Waals surface area contributed by atoms with E-state index in [1.807, 2.05) is 17.9 Å². The largest absolute Gasteiger partial charge is 0.353 e. The lowest BCUT2D eigenvalue weighted by molar-refractivity contribution is -0.133. The molecule has 0 aromatic carbocycles. The quantitative estimate of drug-likeness (QED) is 0.742. The number of H-pyrrole nitrogens is 1. The highest BCUT2D eigenvalue weighted by molar-refractivity contribution is 5.81. The summed E-state index contributed by atoms with van der Waals surface area (Å²) in [7, 11) is 0. The Labute approximate surface area is 181 Å². The predicted octanol–water partition coefficient (Wildman–Crippen LogP) is 2.40. The molecule has 1 atom stereocenters. The molecule has 2 N–H and O–H groups in total. The first-order valence-electron chi connectivity index (χ1n) is 11.7. The van der Waals surface area contributed by atoms with Gasteiger partial charge in [0.1, 0.15) is 0 Å². The normalized spacial score (nSPS) is 21.8. The van der Waals surface area contributed by atoms with Crippen LogP contribution in [0.1, 0.15) is 80.8 Å². The average molecular weight is 426 g/mol. The number of nitrogens with one attached hydrogen (secondary N) is 2. The van der Waals surface area contributed by atoms with Crippen molar-refractivity contribution in [1.82, 2.24) is 24.8 Å². The molecule has 166 valence electrons. The number of likely N-dealkylation sites (tertiary alicyclic amines) is 1. The lowest BCUT2D eigenvalue weighted by atomic mass is 10.1. The molecule has 2 saturated carbocycles. The number of carbonyl (C=O) groups excluding carboxylic acids is 2. The molecule has 0 radical (unpaired) electrons. The van der Waals surface area contributed by atoms with E-state index in [9.17, 15) is 14.4 Å². The molecule has 2 aromatic rings. The van der Waals surface area contributed by atoms with E-state index in [0.717, 1.165) is 50.8 Å². The van der Waals surface area contributed by atoms with Crippen LogP contribution in [0.25, 0.3) is 5.65 Å². The van der Waals surface area contributed by atoms with Gasteiger partial charge in [-0.25, -0.2) is 9.50 Å². The monoisotopic (exact) mass is 425 g/mol. The van der Waals surface area contributed by atoms with E-state index in [1.54, 1.807) is 0 Å². The summed E-state index contributed by atoms with van der Waals surface area (Å²) in [6.07, 6.45) is 8.97. The molecule has 5 rings (SSSR count). The number of amides is 2. The summed E-state index contributed by atoms with van der Waals surface area (Å²) in [5.74, 6) is 0.435. The topological polar surface area (TPSA) is 99.6 Å². The number of rotatable bonds is 6. The minimum atomic E-state index is -0.152. The molecule has 1 saturated heterocycles. The first-order chi connectivity index (χ1) is 15.0. The van der Waals surface area contributed by atoms with E-state index >= 15 is 0 Å². The fourth-order valence-corrected chi connectivity index (χ4v) is 5.17. The highest BCUT2D eigenvalue weighted by Crippen LogP contribution is 2.38. The van der Waals surface area contributed by atoms with Gasteiger partial charge in [-0.3, -0.25) is 19.5 Å². The van der Waals surface area contributed by atoms with Gasteiger partial charge in [0.05, 0.1) is 11.7 Å². The fourth-order valence-electron chi connectivity index (χ4n) is 5.17. The Morgan fingerprint density at radius 1 is 1.16 bits per heavy atom. The first-order valence-corrected chi connectivity index (χ1v) is 11.7. The summed E-state index contributed by atoms with van der Waals surface area (Å²) >= 11 is 0. The van der Waals surface area contributed by atoms with E-state index in [0.29, 0.717) is 29.7 Å². The van der Waals surface area contributed by atoms with Crippen molar-refractivity contribution in [2.24, 2.45) is 5.92 Å². The van der Waals surface area contributed by atoms with E-state index < -0.39 is 0 Å². The molecule has 3 heterocycles. The van der Waals surface area contributed by atoms with Gasteiger partial charge in [0.25, 0.3) is 5.56 Å². The van der Waals surface area contributed by atoms with Crippen molar-refractivity contribution in [3.8, 4) is 0 Å². The van der Waals surface area contributed by atoms with Gasteiger partial charge in [0, 0.05) is 42.2 Å². The predicted molar refractivity (Wildman–Crippen MR) is 116 cm³/mol. The third kappa shape index (κ3) is 4.00. The van der Waals surface area contributed by atoms with Crippen molar-refractivity contribution in [3.05, 3.63) is 33.4 Å². The lowest BCUT2D eigenvalue weighted by Crippen LogP contribution is -2.33. The van der Waals surface area contributed by atoms with Crippen LogP contribution >= 0.6 is 0 Å². The van der Waals surface area contributed by atoms with Crippen LogP contribution in [0.15, 0.2) is 10.9 Å². The molecule has 2 aromatic heterocycles. The van der Waals surface area contributed by atoms with Gasteiger partial charge in [-0.05, 0) is 51.9 Å². The maximum atomic E-state index is 13.1. The minimum absolute atomic E-state index is 0.00292. The SMILES string of the molecule is Cc1nc2cc([C@@H]3CCCN3C(=O)C3CC3)[nH]n2c(=O)c1CCC(=O)NC1CCCC1. The molecule has 0 spiro atoms. The van der Waals surface area contributed by atoms with Crippen LogP contribution < -0.4 is 10.9 Å². The number of hydrogen-bond donors (Lipinski definition) is 2. The number of aromatic amines is 1. The van der Waals surface area contributed by atoms with Crippen LogP contribution in [0.5, 0.6) is 0 Å². The Bertz CT molecular complexity index is 1060. The Hall–Kier alpha value is -2.64. The summed E-state index contributed by atoms with van der Waals surface area (Å²) in [6.45, 7) is 2.61. The Kier molecular flexibility index (Phi) is 5.32. The number of aromatic nitrogens is 3. The molecular weight excluding hydrogens is 394 g/mol. The molecule has 31 heavy (non-hydrogen) atoms. The van der Waals surface area contributed by atoms with Gasteiger partial charge in [0.2, 0.25) is 11.8 Å². The number of aryl methyl sites for hydroxylation is 1. The van der Waals surface area contributed by atoms with Crippen LogP contribution in [0, 0.1) is 12.8 Å². The summed E-state index contributed by atoms with van der Waals surface area (Å²) in [6, 6.07) is 2.16. The van der Waals surface area contributed by atoms with Gasteiger partial charge in [0.15, 0.2) is 5.65 Å². The molecule has 8 nitrogen and oxygen atoms in total. The number of fused-ring (bicyclic) bond motifs is 1. The molecule has 2 aliphatic carbocycles. The fraction of sp³-hybridized carbons (Fsp3) is 0.652. The van der Waals surface area contributed by atoms with Crippen LogP contribution in [0.3, 0.4) is 0 Å². The van der Waals surface area contributed by atoms with Crippen LogP contribution in [0.4, 0.5) is 0 Å². The van der Waals surface area contributed by atoms with Crippen LogP contribution in [-0.4, -0.2) is 43.9 Å². The highest BCUT2D eigenvalue weighted by Gasteiger charge is 2.39. The van der Waals surface area contributed by atoms with Crippen molar-refractivity contribution in [2.75, 3.05) is 6.54 Å². The van der Waals surface area contributed by atoms with Crippen molar-refractivity contribution in [2.45, 2.75) is 83.2 Å². The smallest absolute Gasteiger partial charge is 0.276 e. The van der Waals surface area contributed by atoms with Crippen molar-refractivity contribution in [1.29, 1.82) is 0 Å². The summed E-state index contributed by atoms with van der Waals surface area (Å²) < 4.78 is 1.48. The van der Waals surface area contributed by atoms with E-state index in [4.69, 9.17) is 0 Å². The van der Waals surface area contributed by atoms with Crippen LogP contribution in [0.2, 0.25) is 0 Å². The van der Waals surface area contributed by atoms with E-state index in [2.05, 4.69) is 15.4 Å². The number of carbonyl (C=O) groups is 2. The second-order valence-electron chi connectivity index (χ2n) is 9.40. The third-order valence-electron chi connectivity index (χ3n) is 7.08. The molecule has 0 unspecified atom stereocenters. The number of nitrogens with zero attached hydrogens (tertiary/aromatic N) is 3. The molecule has 3 aliphatic rings. The van der Waals surface area contributed by atoms with Gasteiger partial charge in [-0.1, -0.05) is 12.8 Å². The second-order valence-corrected chi connectivity index (χ2v) is 9.40. The third-order valence-corrected chi connectivity index (χ3v) is 7.08. The zero-order chi connectivity index (χ0) is 21.5. The highest BCUT2D eigenvalue weighted by atomic mass is 16.2. The maximum absolute atomic E-state index is 13.1. The molecule has 8 heteroatoms. The van der Waals surface area contributed by atoms with Crippen molar-refractivity contribution >= 4 is 17.5 Å². The minimum Gasteiger partial charge on any atom is -0.353 e. The van der Waals surface area contributed by atoms with Gasteiger partial charge in [-0.2, -0.15) is 0 Å². The molecule has 1 aliphatic heterocycles. The standard InChI is InChI=1S/C23H31N5O3/c1-14-17(10-11-21(29)25-16-5-2-3-6-16)23(31)28-20(24-14)13-18(26-28)19-7-4-12-27(19)22(30)15-8-9-15/h13,15-16,19,26H,2-12H2,1H3,(H,25,29)/t19-/m0/s1. The first kappa shape index (κ1) is 20.3. The second kappa shape index (κ2) is 8.13. The lowest BCUT2D eigenvalue weighted by Gasteiger charge is -2.23. The van der Waals surface area contributed by atoms with Crippen molar-refractivity contribution in [3.63, 3.8) is 0 Å². The Morgan fingerprint density at radius 3 is 2.68 bits per heavy atom. The van der Waals surface area contributed by atoms with E-state index in [1.165, 1.54) is 17.4 Å². The average Bonchev–Trinajstić information content (AvgIpc) is 3.12. The summed E-state index contributed by atoms with van der Waals surface area (Å²) in [4.78, 5) is 44.7. The van der Waals surface area contributed by atoms with Gasteiger partial charge in [-0.15, -0.1) is 0 Å². The number of hydrogen-bond acceptors (Lipinski definition) is 4. The van der Waals surface area contributed by atoms with Gasteiger partial charge >= 0.3 is 0 Å². The zero-order valence-electron chi connectivity index (χ0n) is 18.2. The summed E-state index contributed by atoms with van der Waals surface area (Å²) in [5.41, 5.74) is 2.53. The zero-order valence-corrected chi connectivity index (χ0v) is 18.2. The Balaban J connectivity index is 1.34. The van der Waals surface area contributed by atoms with E-state index in [-0.39, 0.29) is 35.4 Å².